The molecule has 170 valence electrons. The lowest BCUT2D eigenvalue weighted by Gasteiger charge is -2.60. The highest BCUT2D eigenvalue weighted by Gasteiger charge is 2.69. The second-order valence-corrected chi connectivity index (χ2v) is 9.77. The van der Waals surface area contributed by atoms with E-state index in [1.807, 2.05) is 19.1 Å². The SMILES string of the molecule is COC(=O)c1ccc(COC2O[C@@H]3OC4(C)CCC5[C@H](C)CC[C@H]([C@H]2C)[C@]53OO4)cc1. The van der Waals surface area contributed by atoms with Gasteiger partial charge in [-0.1, -0.05) is 26.0 Å². The number of benzene rings is 1. The molecule has 31 heavy (non-hydrogen) atoms. The average Bonchev–Trinajstić information content (AvgIpc) is 3.01. The van der Waals surface area contributed by atoms with E-state index >= 15 is 0 Å². The van der Waals surface area contributed by atoms with Crippen molar-refractivity contribution < 1.29 is 33.5 Å². The Bertz CT molecular complexity index is 826. The van der Waals surface area contributed by atoms with Gasteiger partial charge in [0.25, 0.3) is 0 Å². The minimum Gasteiger partial charge on any atom is -0.465 e. The van der Waals surface area contributed by atoms with Crippen LogP contribution in [0.25, 0.3) is 0 Å². The van der Waals surface area contributed by atoms with Crippen molar-refractivity contribution in [3.05, 3.63) is 35.4 Å². The molecule has 7 heteroatoms. The number of ether oxygens (including phenoxy) is 4. The van der Waals surface area contributed by atoms with Gasteiger partial charge in [0.05, 0.1) is 19.3 Å². The summed E-state index contributed by atoms with van der Waals surface area (Å²) >= 11 is 0. The fraction of sp³-hybridized carbons (Fsp3) is 0.708. The molecule has 2 bridgehead atoms. The van der Waals surface area contributed by atoms with E-state index in [0.29, 0.717) is 24.0 Å². The Labute approximate surface area is 183 Å². The van der Waals surface area contributed by atoms with E-state index in [1.54, 1.807) is 12.1 Å². The number of hydrogen-bond acceptors (Lipinski definition) is 7. The molecule has 3 unspecified atom stereocenters. The zero-order valence-corrected chi connectivity index (χ0v) is 18.7. The Balaban J connectivity index is 1.34. The van der Waals surface area contributed by atoms with Crippen molar-refractivity contribution in [3.8, 4) is 0 Å². The van der Waals surface area contributed by atoms with Gasteiger partial charge in [-0.15, -0.1) is 0 Å². The molecule has 0 radical (unpaired) electrons. The van der Waals surface area contributed by atoms with E-state index in [2.05, 4.69) is 13.8 Å². The first-order valence-electron chi connectivity index (χ1n) is 11.4. The van der Waals surface area contributed by atoms with Crippen LogP contribution in [0.2, 0.25) is 0 Å². The Kier molecular flexibility index (Phi) is 5.38. The van der Waals surface area contributed by atoms with Gasteiger partial charge in [-0.2, -0.15) is 0 Å². The fourth-order valence-corrected chi connectivity index (χ4v) is 6.10. The van der Waals surface area contributed by atoms with Gasteiger partial charge in [-0.25, -0.2) is 14.6 Å². The van der Waals surface area contributed by atoms with Crippen molar-refractivity contribution >= 4 is 5.97 Å². The first-order valence-corrected chi connectivity index (χ1v) is 11.4. The normalized spacial score (nSPS) is 43.7. The summed E-state index contributed by atoms with van der Waals surface area (Å²) in [5, 5.41) is 0. The minimum atomic E-state index is -0.785. The Hall–Kier alpha value is -1.51. The molecule has 0 aromatic heterocycles. The highest BCUT2D eigenvalue weighted by atomic mass is 17.3. The molecular weight excluding hydrogens is 400 g/mol. The molecule has 1 aromatic rings. The Morgan fingerprint density at radius 1 is 1.10 bits per heavy atom. The van der Waals surface area contributed by atoms with Crippen LogP contribution < -0.4 is 0 Å². The Morgan fingerprint density at radius 2 is 1.87 bits per heavy atom. The summed E-state index contributed by atoms with van der Waals surface area (Å²) in [6, 6.07) is 7.25. The van der Waals surface area contributed by atoms with Crippen molar-refractivity contribution in [2.24, 2.45) is 23.7 Å². The first kappa shape index (κ1) is 21.3. The van der Waals surface area contributed by atoms with Crippen LogP contribution in [0.1, 0.15) is 62.4 Å². The van der Waals surface area contributed by atoms with Gasteiger partial charge >= 0.3 is 5.97 Å². The lowest BCUT2D eigenvalue weighted by molar-refractivity contribution is -0.577. The number of esters is 1. The molecule has 5 fully saturated rings. The first-order chi connectivity index (χ1) is 14.9. The van der Waals surface area contributed by atoms with E-state index in [0.717, 1.165) is 31.2 Å². The molecule has 0 amide bonds. The third-order valence-electron chi connectivity index (χ3n) is 7.89. The molecular formula is C24H32O7. The van der Waals surface area contributed by atoms with Gasteiger partial charge in [0.2, 0.25) is 5.79 Å². The molecule has 1 spiro atoms. The molecule has 5 aliphatic rings. The maximum absolute atomic E-state index is 11.6. The topological polar surface area (TPSA) is 72.5 Å². The molecule has 7 nitrogen and oxygen atoms in total. The van der Waals surface area contributed by atoms with E-state index in [9.17, 15) is 4.79 Å². The maximum atomic E-state index is 11.6. The molecule has 1 aromatic carbocycles. The number of fused-ring (bicyclic) bond motifs is 2. The molecule has 4 saturated heterocycles. The van der Waals surface area contributed by atoms with Gasteiger partial charge in [0, 0.05) is 18.3 Å². The van der Waals surface area contributed by atoms with Crippen LogP contribution in [0.15, 0.2) is 24.3 Å². The van der Waals surface area contributed by atoms with Crippen LogP contribution in [0, 0.1) is 23.7 Å². The van der Waals surface area contributed by atoms with Crippen molar-refractivity contribution in [1.29, 1.82) is 0 Å². The highest BCUT2D eigenvalue weighted by molar-refractivity contribution is 5.89. The minimum absolute atomic E-state index is 0.134. The monoisotopic (exact) mass is 432 g/mol. The number of methoxy groups -OCH3 is 1. The molecule has 1 aliphatic carbocycles. The van der Waals surface area contributed by atoms with Crippen LogP contribution >= 0.6 is 0 Å². The predicted octanol–water partition coefficient (Wildman–Crippen LogP) is 4.20. The van der Waals surface area contributed by atoms with Crippen molar-refractivity contribution in [2.45, 2.75) is 77.0 Å². The van der Waals surface area contributed by atoms with Gasteiger partial charge in [-0.3, -0.25) is 0 Å². The smallest absolute Gasteiger partial charge is 0.337 e. The van der Waals surface area contributed by atoms with Gasteiger partial charge < -0.3 is 18.9 Å². The van der Waals surface area contributed by atoms with Gasteiger partial charge in [0.15, 0.2) is 18.2 Å². The highest BCUT2D eigenvalue weighted by Crippen LogP contribution is 2.60. The summed E-state index contributed by atoms with van der Waals surface area (Å²) in [4.78, 5) is 23.7. The largest absolute Gasteiger partial charge is 0.465 e. The summed E-state index contributed by atoms with van der Waals surface area (Å²) in [6.07, 6.45) is 3.10. The van der Waals surface area contributed by atoms with E-state index < -0.39 is 24.0 Å². The predicted molar refractivity (Wildman–Crippen MR) is 109 cm³/mol. The number of rotatable bonds is 4. The summed E-state index contributed by atoms with van der Waals surface area (Å²) in [5.41, 5.74) is 0.912. The summed E-state index contributed by atoms with van der Waals surface area (Å²) < 4.78 is 23.8. The third-order valence-corrected chi connectivity index (χ3v) is 7.89. The van der Waals surface area contributed by atoms with Gasteiger partial charge in [0.1, 0.15) is 0 Å². The molecule has 8 atom stereocenters. The van der Waals surface area contributed by atoms with Crippen LogP contribution in [-0.4, -0.2) is 37.0 Å². The van der Waals surface area contributed by atoms with Crippen molar-refractivity contribution in [1.82, 2.24) is 0 Å². The lowest BCUT2D eigenvalue weighted by Crippen LogP contribution is -2.70. The second-order valence-electron chi connectivity index (χ2n) is 9.77. The summed E-state index contributed by atoms with van der Waals surface area (Å²) in [6.45, 7) is 6.80. The summed E-state index contributed by atoms with van der Waals surface area (Å²) in [5.74, 6) is 0.117. The van der Waals surface area contributed by atoms with Crippen LogP contribution in [-0.2, 0) is 35.3 Å². The molecule has 0 N–H and O–H groups in total. The van der Waals surface area contributed by atoms with Crippen LogP contribution in [0.4, 0.5) is 0 Å². The number of carbonyl (C=O) groups is 1. The van der Waals surface area contributed by atoms with Crippen LogP contribution in [0.3, 0.4) is 0 Å². The summed E-state index contributed by atoms with van der Waals surface area (Å²) in [7, 11) is 1.38. The van der Waals surface area contributed by atoms with Crippen molar-refractivity contribution in [3.63, 3.8) is 0 Å². The maximum Gasteiger partial charge on any atom is 0.337 e. The van der Waals surface area contributed by atoms with E-state index in [-0.39, 0.29) is 17.8 Å². The zero-order valence-electron chi connectivity index (χ0n) is 18.7. The molecule has 1 saturated carbocycles. The zero-order chi connectivity index (χ0) is 21.8. The second kappa shape index (κ2) is 7.81. The van der Waals surface area contributed by atoms with Crippen LogP contribution in [0.5, 0.6) is 0 Å². The molecule has 6 rings (SSSR count). The molecule has 4 aliphatic heterocycles. The van der Waals surface area contributed by atoms with Gasteiger partial charge in [-0.05, 0) is 55.7 Å². The fourth-order valence-electron chi connectivity index (χ4n) is 6.10. The number of carbonyl (C=O) groups excluding carboxylic acids is 1. The van der Waals surface area contributed by atoms with E-state index in [1.165, 1.54) is 7.11 Å². The van der Waals surface area contributed by atoms with Crippen molar-refractivity contribution in [2.75, 3.05) is 7.11 Å². The quantitative estimate of drug-likeness (QED) is 0.522. The third kappa shape index (κ3) is 3.42. The van der Waals surface area contributed by atoms with E-state index in [4.69, 9.17) is 28.7 Å². The average molecular weight is 433 g/mol. The Morgan fingerprint density at radius 3 is 2.61 bits per heavy atom. The molecule has 4 heterocycles. The number of hydrogen-bond donors (Lipinski definition) is 0. The lowest BCUT2D eigenvalue weighted by atomic mass is 9.58. The standard InChI is InChI=1S/C24H32O7/c1-14-5-10-19-15(2)21(27-13-16-6-8-17(9-7-16)20(25)26-4)28-22-24(19)18(14)11-12-23(3,29-22)30-31-24/h6-9,14-15,18-19,21-22H,5,10-13H2,1-4H3/t14-,15-,18?,19-,21?,22-,23?,24-/m1/s1.